The van der Waals surface area contributed by atoms with E-state index in [0.717, 1.165) is 60.0 Å². The zero-order chi connectivity index (χ0) is 27.4. The molecular formula is C33H34N4O2. The first-order valence-electron chi connectivity index (χ1n) is 13.5. The molecule has 0 aliphatic carbocycles. The van der Waals surface area contributed by atoms with Crippen molar-refractivity contribution in [1.82, 2.24) is 4.90 Å². The van der Waals surface area contributed by atoms with Crippen molar-refractivity contribution in [3.8, 4) is 17.2 Å². The molecule has 0 radical (unpaired) electrons. The van der Waals surface area contributed by atoms with Gasteiger partial charge in [0.05, 0.1) is 6.54 Å². The van der Waals surface area contributed by atoms with Crippen LogP contribution >= 0.6 is 0 Å². The van der Waals surface area contributed by atoms with Gasteiger partial charge in [-0.05, 0) is 77.6 Å². The molecule has 4 aromatic rings. The molecule has 6 heteroatoms. The van der Waals surface area contributed by atoms with Crippen LogP contribution in [0.3, 0.4) is 0 Å². The summed E-state index contributed by atoms with van der Waals surface area (Å²) < 4.78 is 5.52. The van der Waals surface area contributed by atoms with Crippen molar-refractivity contribution in [2.75, 3.05) is 36.4 Å². The van der Waals surface area contributed by atoms with Gasteiger partial charge in [-0.3, -0.25) is 9.69 Å². The Morgan fingerprint density at radius 1 is 0.949 bits per heavy atom. The van der Waals surface area contributed by atoms with E-state index in [4.69, 9.17) is 9.68 Å². The zero-order valence-electron chi connectivity index (χ0n) is 22.8. The van der Waals surface area contributed by atoms with Gasteiger partial charge in [-0.15, -0.1) is 0 Å². The van der Waals surface area contributed by atoms with Gasteiger partial charge < -0.3 is 14.6 Å². The lowest BCUT2D eigenvalue weighted by atomic mass is 9.92. The van der Waals surface area contributed by atoms with E-state index in [1.165, 1.54) is 5.56 Å². The number of hydrogen-bond acceptors (Lipinski definition) is 5. The normalized spacial score (nSPS) is 13.9. The highest BCUT2D eigenvalue weighted by atomic mass is 16.3. The Kier molecular flexibility index (Phi) is 7.81. The number of rotatable bonds is 7. The molecule has 5 rings (SSSR count). The van der Waals surface area contributed by atoms with Crippen molar-refractivity contribution in [3.05, 3.63) is 107 Å². The molecule has 1 aliphatic rings. The molecule has 0 saturated carbocycles. The molecule has 1 amide bonds. The van der Waals surface area contributed by atoms with Gasteiger partial charge >= 0.3 is 0 Å². The molecule has 0 spiro atoms. The summed E-state index contributed by atoms with van der Waals surface area (Å²) >= 11 is 0. The van der Waals surface area contributed by atoms with E-state index in [1.54, 1.807) is 6.07 Å². The fraction of sp³-hybridized carbons (Fsp3) is 0.273. The summed E-state index contributed by atoms with van der Waals surface area (Å²) in [6, 6.07) is 28.1. The molecule has 0 unspecified atom stereocenters. The molecule has 1 N–H and O–H groups in total. The largest absolute Gasteiger partial charge is 0.449 e. The van der Waals surface area contributed by atoms with E-state index in [1.807, 2.05) is 36.4 Å². The maximum Gasteiger partial charge on any atom is 0.256 e. The minimum atomic E-state index is -0.111. The number of nitriles is 1. The first-order chi connectivity index (χ1) is 18.9. The summed E-state index contributed by atoms with van der Waals surface area (Å²) in [6.07, 6.45) is 0. The standard InChI is InChI=1S/C33H34N4O2/c1-23(2)25-7-9-26(10-8-25)32-24(3)5-4-6-31(32)33(38)35-27-11-13-28(14-12-27)37-19-17-36(18-20-37)22-30-16-15-29(21-34)39-30/h4-16,23H,17-20,22H2,1-3H3,(H,35,38). The van der Waals surface area contributed by atoms with Gasteiger partial charge in [0.15, 0.2) is 0 Å². The lowest BCUT2D eigenvalue weighted by Gasteiger charge is -2.35. The number of carbonyl (C=O) groups excluding carboxylic acids is 1. The molecule has 2 heterocycles. The molecular weight excluding hydrogens is 484 g/mol. The highest BCUT2D eigenvalue weighted by molar-refractivity contribution is 6.09. The van der Waals surface area contributed by atoms with Gasteiger partial charge in [-0.25, -0.2) is 0 Å². The summed E-state index contributed by atoms with van der Waals surface area (Å²) in [5.41, 5.74) is 6.97. The number of aryl methyl sites for hydroxylation is 1. The topological polar surface area (TPSA) is 72.5 Å². The molecule has 198 valence electrons. The minimum Gasteiger partial charge on any atom is -0.449 e. The summed E-state index contributed by atoms with van der Waals surface area (Å²) in [5, 5.41) is 12.0. The summed E-state index contributed by atoms with van der Waals surface area (Å²) in [4.78, 5) is 18.1. The molecule has 1 aliphatic heterocycles. The lowest BCUT2D eigenvalue weighted by molar-refractivity contribution is 0.102. The number of nitrogens with one attached hydrogen (secondary N) is 1. The molecule has 1 aromatic heterocycles. The molecule has 1 saturated heterocycles. The molecule has 0 atom stereocenters. The van der Waals surface area contributed by atoms with Gasteiger partial charge in [-0.1, -0.05) is 50.2 Å². The quantitative estimate of drug-likeness (QED) is 0.290. The third kappa shape index (κ3) is 6.05. The molecule has 3 aromatic carbocycles. The van der Waals surface area contributed by atoms with E-state index in [-0.39, 0.29) is 5.91 Å². The maximum atomic E-state index is 13.4. The Hall–Kier alpha value is -4.34. The van der Waals surface area contributed by atoms with E-state index >= 15 is 0 Å². The molecule has 0 bridgehead atoms. The SMILES string of the molecule is Cc1cccc(C(=O)Nc2ccc(N3CCN(Cc4ccc(C#N)o4)CC3)cc2)c1-c1ccc(C(C)C)cc1. The smallest absolute Gasteiger partial charge is 0.256 e. The van der Waals surface area contributed by atoms with Gasteiger partial charge in [0.2, 0.25) is 5.76 Å². The Morgan fingerprint density at radius 3 is 2.31 bits per heavy atom. The Morgan fingerprint density at radius 2 is 1.67 bits per heavy atom. The lowest BCUT2D eigenvalue weighted by Crippen LogP contribution is -2.45. The predicted octanol–water partition coefficient (Wildman–Crippen LogP) is 6.82. The summed E-state index contributed by atoms with van der Waals surface area (Å²) in [6.45, 7) is 10.8. The fourth-order valence-electron chi connectivity index (χ4n) is 5.14. The average Bonchev–Trinajstić information content (AvgIpc) is 3.41. The van der Waals surface area contributed by atoms with Crippen LogP contribution < -0.4 is 10.2 Å². The van der Waals surface area contributed by atoms with Crippen molar-refractivity contribution >= 4 is 17.3 Å². The van der Waals surface area contributed by atoms with Crippen molar-refractivity contribution in [2.45, 2.75) is 33.2 Å². The van der Waals surface area contributed by atoms with Crippen LogP contribution in [-0.2, 0) is 6.54 Å². The number of hydrogen-bond donors (Lipinski definition) is 1. The molecule has 6 nitrogen and oxygen atoms in total. The monoisotopic (exact) mass is 518 g/mol. The van der Waals surface area contributed by atoms with E-state index < -0.39 is 0 Å². The maximum absolute atomic E-state index is 13.4. The second-order valence-corrected chi connectivity index (χ2v) is 10.4. The number of nitrogens with zero attached hydrogens (tertiary/aromatic N) is 3. The number of carbonyl (C=O) groups is 1. The third-order valence-corrected chi connectivity index (χ3v) is 7.40. The Balaban J connectivity index is 1.22. The second kappa shape index (κ2) is 11.6. The Bertz CT molecular complexity index is 1470. The van der Waals surface area contributed by atoms with Crippen LogP contribution in [0.1, 0.15) is 52.8 Å². The zero-order valence-corrected chi connectivity index (χ0v) is 22.8. The van der Waals surface area contributed by atoms with Crippen LogP contribution in [0.4, 0.5) is 11.4 Å². The first kappa shape index (κ1) is 26.3. The highest BCUT2D eigenvalue weighted by Gasteiger charge is 2.19. The van der Waals surface area contributed by atoms with Crippen molar-refractivity contribution in [3.63, 3.8) is 0 Å². The van der Waals surface area contributed by atoms with Gasteiger partial charge in [-0.2, -0.15) is 5.26 Å². The van der Waals surface area contributed by atoms with Gasteiger partial charge in [0.1, 0.15) is 11.8 Å². The average molecular weight is 519 g/mol. The third-order valence-electron chi connectivity index (χ3n) is 7.40. The van der Waals surface area contributed by atoms with Crippen molar-refractivity contribution < 1.29 is 9.21 Å². The van der Waals surface area contributed by atoms with E-state index in [2.05, 4.69) is 78.4 Å². The van der Waals surface area contributed by atoms with Crippen molar-refractivity contribution in [2.24, 2.45) is 0 Å². The number of piperazine rings is 1. The van der Waals surface area contributed by atoms with Crippen LogP contribution in [0, 0.1) is 18.3 Å². The number of benzene rings is 3. The van der Waals surface area contributed by atoms with Crippen LogP contribution in [0.25, 0.3) is 11.1 Å². The van der Waals surface area contributed by atoms with Crippen LogP contribution in [0.15, 0.2) is 83.3 Å². The van der Waals surface area contributed by atoms with Crippen LogP contribution in [-0.4, -0.2) is 37.0 Å². The number of anilines is 2. The van der Waals surface area contributed by atoms with E-state index in [9.17, 15) is 4.79 Å². The highest BCUT2D eigenvalue weighted by Crippen LogP contribution is 2.30. The van der Waals surface area contributed by atoms with Crippen LogP contribution in [0.5, 0.6) is 0 Å². The van der Waals surface area contributed by atoms with Crippen molar-refractivity contribution in [1.29, 1.82) is 5.26 Å². The molecule has 39 heavy (non-hydrogen) atoms. The van der Waals surface area contributed by atoms with Gasteiger partial charge in [0.25, 0.3) is 5.91 Å². The number of furan rings is 1. The summed E-state index contributed by atoms with van der Waals surface area (Å²) in [5.74, 6) is 1.53. The van der Waals surface area contributed by atoms with Gasteiger partial charge in [0, 0.05) is 43.1 Å². The predicted molar refractivity (Wildman–Crippen MR) is 156 cm³/mol. The van der Waals surface area contributed by atoms with Crippen LogP contribution in [0.2, 0.25) is 0 Å². The number of amides is 1. The van der Waals surface area contributed by atoms with E-state index in [0.29, 0.717) is 23.8 Å². The summed E-state index contributed by atoms with van der Waals surface area (Å²) in [7, 11) is 0. The molecule has 1 fully saturated rings. The minimum absolute atomic E-state index is 0.111. The second-order valence-electron chi connectivity index (χ2n) is 10.4. The Labute approximate surface area is 230 Å². The fourth-order valence-corrected chi connectivity index (χ4v) is 5.14. The first-order valence-corrected chi connectivity index (χ1v) is 13.5.